The van der Waals surface area contributed by atoms with Crippen LogP contribution < -0.4 is 20.9 Å². The Bertz CT molecular complexity index is 616. The lowest BCUT2D eigenvalue weighted by molar-refractivity contribution is 0.0993. The van der Waals surface area contributed by atoms with Crippen molar-refractivity contribution in [2.45, 2.75) is 0 Å². The monoisotopic (exact) mass is 272 g/mol. The number of methoxy groups -OCH3 is 1. The number of nitrogen functional groups attached to an aromatic ring is 1. The van der Waals surface area contributed by atoms with Gasteiger partial charge in [0.25, 0.3) is 5.91 Å². The minimum absolute atomic E-state index is 0.186. The van der Waals surface area contributed by atoms with Crippen molar-refractivity contribution in [3.8, 4) is 5.75 Å². The van der Waals surface area contributed by atoms with Crippen LogP contribution in [0.1, 0.15) is 10.4 Å². The maximum absolute atomic E-state index is 12.5. The number of carbonyl (C=O) groups is 1. The highest BCUT2D eigenvalue weighted by Gasteiger charge is 2.17. The van der Waals surface area contributed by atoms with E-state index in [1.165, 1.54) is 11.1 Å². The van der Waals surface area contributed by atoms with Crippen molar-refractivity contribution >= 4 is 17.3 Å². The van der Waals surface area contributed by atoms with E-state index in [0.717, 1.165) is 5.69 Å². The third kappa shape index (κ3) is 2.70. The van der Waals surface area contributed by atoms with Crippen LogP contribution in [-0.4, -0.2) is 25.0 Å². The van der Waals surface area contributed by atoms with E-state index >= 15 is 0 Å². The number of nitrogens with zero attached hydrogens (tertiary/aromatic N) is 2. The first kappa shape index (κ1) is 13.8. The van der Waals surface area contributed by atoms with E-state index in [9.17, 15) is 4.79 Å². The zero-order valence-electron chi connectivity index (χ0n) is 11.3. The summed E-state index contributed by atoms with van der Waals surface area (Å²) in [5.41, 5.74) is 4.13. The Morgan fingerprint density at radius 2 is 2.20 bits per heavy atom. The van der Waals surface area contributed by atoms with Gasteiger partial charge in [-0.05, 0) is 18.2 Å². The Morgan fingerprint density at radius 3 is 2.90 bits per heavy atom. The zero-order valence-corrected chi connectivity index (χ0v) is 11.3. The molecule has 0 unspecified atom stereocenters. The molecule has 0 aliphatic heterocycles. The normalized spacial score (nSPS) is 9.95. The van der Waals surface area contributed by atoms with Crippen LogP contribution in [0.3, 0.4) is 0 Å². The Morgan fingerprint density at radius 1 is 1.40 bits per heavy atom. The SMILES string of the molecule is COc1cccc(N(C)C(=O)c2ccncc2NN)c1. The van der Waals surface area contributed by atoms with E-state index in [4.69, 9.17) is 10.6 Å². The molecule has 20 heavy (non-hydrogen) atoms. The summed E-state index contributed by atoms with van der Waals surface area (Å²) in [7, 11) is 3.28. The van der Waals surface area contributed by atoms with E-state index < -0.39 is 0 Å². The number of rotatable bonds is 4. The van der Waals surface area contributed by atoms with Crippen LogP contribution in [0.15, 0.2) is 42.7 Å². The fraction of sp³-hybridized carbons (Fsp3) is 0.143. The highest BCUT2D eigenvalue weighted by molar-refractivity contribution is 6.09. The minimum atomic E-state index is -0.186. The molecule has 2 aromatic rings. The summed E-state index contributed by atoms with van der Waals surface area (Å²) in [6.45, 7) is 0. The van der Waals surface area contributed by atoms with Crippen LogP contribution in [0.25, 0.3) is 0 Å². The van der Waals surface area contributed by atoms with E-state index in [-0.39, 0.29) is 5.91 Å². The Labute approximate surface area is 117 Å². The van der Waals surface area contributed by atoms with Gasteiger partial charge in [0.15, 0.2) is 0 Å². The quantitative estimate of drug-likeness (QED) is 0.653. The predicted molar refractivity (Wildman–Crippen MR) is 77.8 cm³/mol. The molecule has 6 nitrogen and oxygen atoms in total. The van der Waals surface area contributed by atoms with Crippen molar-refractivity contribution in [3.63, 3.8) is 0 Å². The van der Waals surface area contributed by atoms with Crippen LogP contribution >= 0.6 is 0 Å². The lowest BCUT2D eigenvalue weighted by Crippen LogP contribution is -2.27. The second kappa shape index (κ2) is 6.03. The summed E-state index contributed by atoms with van der Waals surface area (Å²) >= 11 is 0. The van der Waals surface area contributed by atoms with Gasteiger partial charge in [0.1, 0.15) is 5.75 Å². The highest BCUT2D eigenvalue weighted by Crippen LogP contribution is 2.23. The third-order valence-corrected chi connectivity index (χ3v) is 2.95. The predicted octanol–water partition coefficient (Wildman–Crippen LogP) is 1.65. The molecule has 104 valence electrons. The number of aromatic nitrogens is 1. The third-order valence-electron chi connectivity index (χ3n) is 2.95. The smallest absolute Gasteiger partial charge is 0.260 e. The van der Waals surface area contributed by atoms with Crippen molar-refractivity contribution in [1.82, 2.24) is 4.98 Å². The molecule has 1 heterocycles. The molecule has 0 atom stereocenters. The summed E-state index contributed by atoms with van der Waals surface area (Å²) in [5.74, 6) is 5.89. The molecule has 0 saturated carbocycles. The van der Waals surface area contributed by atoms with E-state index in [1.54, 1.807) is 32.5 Å². The van der Waals surface area contributed by atoms with Gasteiger partial charge in [0.05, 0.1) is 24.6 Å². The van der Waals surface area contributed by atoms with Gasteiger partial charge >= 0.3 is 0 Å². The topological polar surface area (TPSA) is 80.5 Å². The number of anilines is 2. The number of pyridine rings is 1. The van der Waals surface area contributed by atoms with E-state index in [1.807, 2.05) is 18.2 Å². The van der Waals surface area contributed by atoms with Gasteiger partial charge in [-0.25, -0.2) is 0 Å². The van der Waals surface area contributed by atoms with Gasteiger partial charge in [-0.15, -0.1) is 0 Å². The number of benzene rings is 1. The first-order chi connectivity index (χ1) is 9.67. The van der Waals surface area contributed by atoms with Crippen LogP contribution in [0, 0.1) is 0 Å². The molecule has 0 radical (unpaired) electrons. The maximum Gasteiger partial charge on any atom is 0.260 e. The van der Waals surface area contributed by atoms with E-state index in [2.05, 4.69) is 10.4 Å². The molecular formula is C14H16N4O2. The molecule has 0 bridgehead atoms. The summed E-state index contributed by atoms with van der Waals surface area (Å²) in [6.07, 6.45) is 3.06. The fourth-order valence-corrected chi connectivity index (χ4v) is 1.81. The van der Waals surface area contributed by atoms with Crippen LogP contribution in [0.2, 0.25) is 0 Å². The van der Waals surface area contributed by atoms with Crippen molar-refractivity contribution in [3.05, 3.63) is 48.3 Å². The molecule has 0 saturated heterocycles. The summed E-state index contributed by atoms with van der Waals surface area (Å²) in [6, 6.07) is 8.88. The first-order valence-electron chi connectivity index (χ1n) is 6.00. The number of hydrazine groups is 1. The summed E-state index contributed by atoms with van der Waals surface area (Å²) in [5, 5.41) is 0. The molecule has 0 spiro atoms. The number of carbonyl (C=O) groups excluding carboxylic acids is 1. The lowest BCUT2D eigenvalue weighted by atomic mass is 10.2. The fourth-order valence-electron chi connectivity index (χ4n) is 1.81. The average Bonchev–Trinajstić information content (AvgIpc) is 2.53. The number of hydrogen-bond donors (Lipinski definition) is 2. The van der Waals surface area contributed by atoms with Gasteiger partial charge in [-0.3, -0.25) is 15.6 Å². The number of hydrogen-bond acceptors (Lipinski definition) is 5. The van der Waals surface area contributed by atoms with Crippen LogP contribution in [0.5, 0.6) is 5.75 Å². The molecule has 1 aromatic carbocycles. The maximum atomic E-state index is 12.5. The Kier molecular flexibility index (Phi) is 4.17. The summed E-state index contributed by atoms with van der Waals surface area (Å²) in [4.78, 5) is 17.9. The largest absolute Gasteiger partial charge is 0.497 e. The zero-order chi connectivity index (χ0) is 14.5. The molecule has 0 fully saturated rings. The molecule has 6 heteroatoms. The van der Waals surface area contributed by atoms with Crippen molar-refractivity contribution in [2.24, 2.45) is 5.84 Å². The second-order valence-corrected chi connectivity index (χ2v) is 4.13. The van der Waals surface area contributed by atoms with Crippen molar-refractivity contribution in [2.75, 3.05) is 24.5 Å². The second-order valence-electron chi connectivity index (χ2n) is 4.13. The van der Waals surface area contributed by atoms with Crippen LogP contribution in [0.4, 0.5) is 11.4 Å². The van der Waals surface area contributed by atoms with E-state index in [0.29, 0.717) is 17.0 Å². The number of amides is 1. The molecule has 2 rings (SSSR count). The minimum Gasteiger partial charge on any atom is -0.497 e. The number of nitrogens with one attached hydrogen (secondary N) is 1. The molecule has 0 aliphatic rings. The Hall–Kier alpha value is -2.60. The van der Waals surface area contributed by atoms with Crippen molar-refractivity contribution in [1.29, 1.82) is 0 Å². The van der Waals surface area contributed by atoms with Gasteiger partial charge in [0, 0.05) is 25.0 Å². The molecule has 0 aliphatic carbocycles. The molecule has 3 N–H and O–H groups in total. The molecular weight excluding hydrogens is 256 g/mol. The molecule has 1 aromatic heterocycles. The number of nitrogens with two attached hydrogens (primary N) is 1. The molecule has 1 amide bonds. The first-order valence-corrected chi connectivity index (χ1v) is 6.00. The van der Waals surface area contributed by atoms with Gasteiger partial charge in [0.2, 0.25) is 0 Å². The average molecular weight is 272 g/mol. The Balaban J connectivity index is 2.32. The van der Waals surface area contributed by atoms with Gasteiger partial charge in [-0.1, -0.05) is 6.07 Å². The summed E-state index contributed by atoms with van der Waals surface area (Å²) < 4.78 is 5.16. The lowest BCUT2D eigenvalue weighted by Gasteiger charge is -2.19. The standard InChI is InChI=1S/C14H16N4O2/c1-18(10-4-3-5-11(8-10)20-2)14(19)12-6-7-16-9-13(12)17-15/h3-9,17H,15H2,1-2H3. The highest BCUT2D eigenvalue weighted by atomic mass is 16.5. The number of ether oxygens (including phenoxy) is 1. The van der Waals surface area contributed by atoms with Gasteiger partial charge < -0.3 is 15.1 Å². The van der Waals surface area contributed by atoms with Crippen LogP contribution in [-0.2, 0) is 0 Å². The van der Waals surface area contributed by atoms with Gasteiger partial charge in [-0.2, -0.15) is 0 Å². The van der Waals surface area contributed by atoms with Crippen molar-refractivity contribution < 1.29 is 9.53 Å².